The molecule has 7 nitrogen and oxygen atoms in total. The SMILES string of the molecule is NS(=O)(=O)c1ccc(N2CCOCC2CC(=O)O)c(F)c1. The molecule has 0 aromatic heterocycles. The zero-order valence-electron chi connectivity index (χ0n) is 11.0. The Kier molecular flexibility index (Phi) is 4.45. The van der Waals surface area contributed by atoms with Crippen molar-refractivity contribution in [2.45, 2.75) is 17.4 Å². The molecule has 1 aliphatic heterocycles. The van der Waals surface area contributed by atoms with Crippen LogP contribution in [0.5, 0.6) is 0 Å². The molecule has 2 rings (SSSR count). The number of nitrogens with two attached hydrogens (primary N) is 1. The molecule has 0 spiro atoms. The van der Waals surface area contributed by atoms with Crippen LogP contribution in [0.4, 0.5) is 10.1 Å². The molecule has 1 aromatic rings. The summed E-state index contributed by atoms with van der Waals surface area (Å²) in [4.78, 5) is 12.1. The lowest BCUT2D eigenvalue weighted by molar-refractivity contribution is -0.138. The molecule has 9 heteroatoms. The normalized spacial score (nSPS) is 19.5. The summed E-state index contributed by atoms with van der Waals surface area (Å²) in [6.45, 7) is 0.832. The minimum Gasteiger partial charge on any atom is -0.481 e. The molecule has 21 heavy (non-hydrogen) atoms. The highest BCUT2D eigenvalue weighted by atomic mass is 32.2. The van der Waals surface area contributed by atoms with E-state index in [0.29, 0.717) is 13.2 Å². The number of benzene rings is 1. The fraction of sp³-hybridized carbons (Fsp3) is 0.417. The van der Waals surface area contributed by atoms with Crippen LogP contribution in [-0.4, -0.2) is 45.3 Å². The average Bonchev–Trinajstić information content (AvgIpc) is 2.38. The predicted molar refractivity (Wildman–Crippen MR) is 72.0 cm³/mol. The highest BCUT2D eigenvalue weighted by molar-refractivity contribution is 7.89. The van der Waals surface area contributed by atoms with Crippen molar-refractivity contribution in [1.29, 1.82) is 0 Å². The molecule has 1 heterocycles. The van der Waals surface area contributed by atoms with E-state index < -0.39 is 27.9 Å². The van der Waals surface area contributed by atoms with Crippen molar-refractivity contribution in [2.75, 3.05) is 24.7 Å². The molecule has 116 valence electrons. The Bertz CT molecular complexity index is 649. The number of anilines is 1. The number of carbonyl (C=O) groups is 1. The number of carboxylic acid groups (broad SMARTS) is 1. The topological polar surface area (TPSA) is 110 Å². The van der Waals surface area contributed by atoms with Crippen LogP contribution in [0.1, 0.15) is 6.42 Å². The van der Waals surface area contributed by atoms with Gasteiger partial charge in [-0.25, -0.2) is 17.9 Å². The molecule has 0 radical (unpaired) electrons. The van der Waals surface area contributed by atoms with E-state index in [0.717, 1.165) is 6.07 Å². The summed E-state index contributed by atoms with van der Waals surface area (Å²) in [6.07, 6.45) is -0.198. The van der Waals surface area contributed by atoms with Gasteiger partial charge in [0, 0.05) is 6.54 Å². The predicted octanol–water partition coefficient (Wildman–Crippen LogP) is 0.153. The second kappa shape index (κ2) is 5.96. The number of hydrogen-bond acceptors (Lipinski definition) is 5. The lowest BCUT2D eigenvalue weighted by Crippen LogP contribution is -2.47. The first-order valence-electron chi connectivity index (χ1n) is 6.17. The highest BCUT2D eigenvalue weighted by Gasteiger charge is 2.27. The summed E-state index contributed by atoms with van der Waals surface area (Å²) in [6, 6.07) is 2.81. The first-order chi connectivity index (χ1) is 9.79. The monoisotopic (exact) mass is 318 g/mol. The number of halogens is 1. The van der Waals surface area contributed by atoms with Gasteiger partial charge < -0.3 is 14.7 Å². The molecule has 1 atom stereocenters. The van der Waals surface area contributed by atoms with Gasteiger partial charge in [0.1, 0.15) is 5.82 Å². The number of morpholine rings is 1. The van der Waals surface area contributed by atoms with Crippen molar-refractivity contribution < 1.29 is 27.4 Å². The largest absolute Gasteiger partial charge is 0.481 e. The molecule has 1 fully saturated rings. The molecule has 1 unspecified atom stereocenters. The van der Waals surface area contributed by atoms with E-state index in [2.05, 4.69) is 0 Å². The van der Waals surface area contributed by atoms with E-state index in [1.165, 1.54) is 12.1 Å². The van der Waals surface area contributed by atoms with Gasteiger partial charge in [-0.15, -0.1) is 0 Å². The summed E-state index contributed by atoms with van der Waals surface area (Å²) in [5.41, 5.74) is 0.136. The Morgan fingerprint density at radius 2 is 2.24 bits per heavy atom. The van der Waals surface area contributed by atoms with Crippen LogP contribution in [0, 0.1) is 5.82 Å². The fourth-order valence-corrected chi connectivity index (χ4v) is 2.77. The molecule has 0 aliphatic carbocycles. The number of hydrogen-bond donors (Lipinski definition) is 2. The smallest absolute Gasteiger partial charge is 0.305 e. The number of aliphatic carboxylic acids is 1. The number of nitrogens with zero attached hydrogens (tertiary/aromatic N) is 1. The second-order valence-corrected chi connectivity index (χ2v) is 6.24. The van der Waals surface area contributed by atoms with Gasteiger partial charge in [0.2, 0.25) is 10.0 Å². The third-order valence-corrected chi connectivity index (χ3v) is 4.11. The van der Waals surface area contributed by atoms with E-state index in [-0.39, 0.29) is 23.6 Å². The fourth-order valence-electron chi connectivity index (χ4n) is 2.24. The summed E-state index contributed by atoms with van der Waals surface area (Å²) < 4.78 is 41.7. The molecular formula is C12H15FN2O5S. The molecule has 1 aromatic carbocycles. The van der Waals surface area contributed by atoms with Gasteiger partial charge in [0.05, 0.1) is 36.3 Å². The van der Waals surface area contributed by atoms with Gasteiger partial charge in [-0.05, 0) is 18.2 Å². The van der Waals surface area contributed by atoms with E-state index in [1.54, 1.807) is 4.90 Å². The minimum atomic E-state index is -3.98. The number of ether oxygens (including phenoxy) is 1. The van der Waals surface area contributed by atoms with Crippen LogP contribution in [0.25, 0.3) is 0 Å². The number of primary sulfonamides is 1. The zero-order chi connectivity index (χ0) is 15.6. The van der Waals surface area contributed by atoms with Crippen molar-refractivity contribution in [3.05, 3.63) is 24.0 Å². The van der Waals surface area contributed by atoms with E-state index >= 15 is 0 Å². The maximum absolute atomic E-state index is 14.1. The van der Waals surface area contributed by atoms with Crippen LogP contribution in [0.3, 0.4) is 0 Å². The number of sulfonamides is 1. The van der Waals surface area contributed by atoms with Crippen molar-refractivity contribution >= 4 is 21.7 Å². The standard InChI is InChI=1S/C12H15FN2O5S/c13-10-6-9(21(14,18)19)1-2-11(10)15-3-4-20-7-8(15)5-12(16)17/h1-2,6,8H,3-5,7H2,(H,16,17)(H2,14,18,19). The van der Waals surface area contributed by atoms with Gasteiger partial charge >= 0.3 is 5.97 Å². The molecule has 3 N–H and O–H groups in total. The van der Waals surface area contributed by atoms with Crippen molar-refractivity contribution in [3.8, 4) is 0 Å². The van der Waals surface area contributed by atoms with E-state index in [9.17, 15) is 17.6 Å². The molecule has 1 aliphatic rings. The molecule has 0 amide bonds. The van der Waals surface area contributed by atoms with Crippen molar-refractivity contribution in [2.24, 2.45) is 5.14 Å². The lowest BCUT2D eigenvalue weighted by atomic mass is 10.1. The third kappa shape index (κ3) is 3.69. The van der Waals surface area contributed by atoms with Gasteiger partial charge in [0.15, 0.2) is 0 Å². The quantitative estimate of drug-likeness (QED) is 0.818. The summed E-state index contributed by atoms with van der Waals surface area (Å²) >= 11 is 0. The summed E-state index contributed by atoms with van der Waals surface area (Å²) in [5.74, 6) is -1.78. The van der Waals surface area contributed by atoms with Gasteiger partial charge in [-0.1, -0.05) is 0 Å². The summed E-state index contributed by atoms with van der Waals surface area (Å²) in [7, 11) is -3.98. The Morgan fingerprint density at radius 3 is 2.81 bits per heavy atom. The first-order valence-corrected chi connectivity index (χ1v) is 7.72. The number of carboxylic acids is 1. The van der Waals surface area contributed by atoms with Gasteiger partial charge in [-0.2, -0.15) is 0 Å². The third-order valence-electron chi connectivity index (χ3n) is 3.19. The second-order valence-electron chi connectivity index (χ2n) is 4.68. The van der Waals surface area contributed by atoms with Crippen LogP contribution < -0.4 is 10.0 Å². The molecule has 0 bridgehead atoms. The summed E-state index contributed by atoms with van der Waals surface area (Å²) in [5, 5.41) is 13.8. The van der Waals surface area contributed by atoms with Gasteiger partial charge in [0.25, 0.3) is 0 Å². The average molecular weight is 318 g/mol. The van der Waals surface area contributed by atoms with Crippen molar-refractivity contribution in [3.63, 3.8) is 0 Å². The van der Waals surface area contributed by atoms with Crippen molar-refractivity contribution in [1.82, 2.24) is 0 Å². The first kappa shape index (κ1) is 15.7. The Balaban J connectivity index is 2.33. The van der Waals surface area contributed by atoms with Crippen LogP contribution in [-0.2, 0) is 19.6 Å². The maximum Gasteiger partial charge on any atom is 0.305 e. The van der Waals surface area contributed by atoms with Crippen LogP contribution >= 0.6 is 0 Å². The molecule has 1 saturated heterocycles. The number of rotatable bonds is 4. The zero-order valence-corrected chi connectivity index (χ0v) is 11.8. The Morgan fingerprint density at radius 1 is 1.52 bits per heavy atom. The lowest BCUT2D eigenvalue weighted by Gasteiger charge is -2.36. The molecule has 0 saturated carbocycles. The van der Waals surface area contributed by atoms with Gasteiger partial charge in [-0.3, -0.25) is 4.79 Å². The maximum atomic E-state index is 14.1. The molecular weight excluding hydrogens is 303 g/mol. The van der Waals surface area contributed by atoms with Crippen LogP contribution in [0.2, 0.25) is 0 Å². The Labute approximate surface area is 121 Å². The van der Waals surface area contributed by atoms with Crippen LogP contribution in [0.15, 0.2) is 23.1 Å². The van der Waals surface area contributed by atoms with E-state index in [1.807, 2.05) is 0 Å². The minimum absolute atomic E-state index is 0.136. The Hall–Kier alpha value is -1.71. The van der Waals surface area contributed by atoms with E-state index in [4.69, 9.17) is 15.0 Å². The highest BCUT2D eigenvalue weighted by Crippen LogP contribution is 2.26.